The monoisotopic (exact) mass is 302 g/mol. The summed E-state index contributed by atoms with van der Waals surface area (Å²) < 4.78 is 26.7. The lowest BCUT2D eigenvalue weighted by Gasteiger charge is -2.02. The van der Waals surface area contributed by atoms with Crippen molar-refractivity contribution >= 4 is 22.0 Å². The van der Waals surface area contributed by atoms with Crippen molar-refractivity contribution in [3.63, 3.8) is 0 Å². The molecule has 0 N–H and O–H groups in total. The van der Waals surface area contributed by atoms with Gasteiger partial charge >= 0.3 is 10.1 Å². The fourth-order valence-electron chi connectivity index (χ4n) is 1.68. The molecule has 4 nitrogen and oxygen atoms in total. The lowest BCUT2D eigenvalue weighted by molar-refractivity contribution is 0.104. The summed E-state index contributed by atoms with van der Waals surface area (Å²) in [5.41, 5.74) is 1.39. The van der Waals surface area contributed by atoms with Gasteiger partial charge in [-0.05, 0) is 23.8 Å². The summed E-state index contributed by atoms with van der Waals surface area (Å²) in [5, 5.41) is 0. The number of benzene rings is 2. The van der Waals surface area contributed by atoms with Gasteiger partial charge in [0.25, 0.3) is 0 Å². The summed E-state index contributed by atoms with van der Waals surface area (Å²) in [7, 11) is -3.52. The topological polar surface area (TPSA) is 60.4 Å². The van der Waals surface area contributed by atoms with Gasteiger partial charge in [-0.2, -0.15) is 8.42 Å². The lowest BCUT2D eigenvalue weighted by atomic mass is 10.1. The van der Waals surface area contributed by atoms with Crippen molar-refractivity contribution in [1.82, 2.24) is 0 Å². The highest BCUT2D eigenvalue weighted by atomic mass is 32.2. The van der Waals surface area contributed by atoms with Crippen LogP contribution in [0.3, 0.4) is 0 Å². The van der Waals surface area contributed by atoms with E-state index in [2.05, 4.69) is 0 Å². The highest BCUT2D eigenvalue weighted by Crippen LogP contribution is 2.15. The Labute approximate surface area is 123 Å². The standard InChI is InChI=1S/C16H14O4S/c1-21(18,19)20-15-10-7-13(8-11-15)9-12-16(17)14-5-3-2-4-6-14/h2-12H,1H3. The maximum Gasteiger partial charge on any atom is 0.306 e. The third kappa shape index (κ3) is 4.89. The summed E-state index contributed by atoms with van der Waals surface area (Å²) in [5.74, 6) is 0.149. The molecule has 108 valence electrons. The van der Waals surface area contributed by atoms with Gasteiger partial charge in [-0.25, -0.2) is 0 Å². The molecule has 0 fully saturated rings. The fraction of sp³-hybridized carbons (Fsp3) is 0.0625. The van der Waals surface area contributed by atoms with Crippen LogP contribution < -0.4 is 4.18 Å². The molecule has 0 saturated carbocycles. The van der Waals surface area contributed by atoms with Crippen LogP contribution in [0.4, 0.5) is 0 Å². The highest BCUT2D eigenvalue weighted by molar-refractivity contribution is 7.86. The Bertz CT molecular complexity index is 745. The number of rotatable bonds is 5. The average molecular weight is 302 g/mol. The van der Waals surface area contributed by atoms with Gasteiger partial charge in [0.05, 0.1) is 6.26 Å². The van der Waals surface area contributed by atoms with Crippen molar-refractivity contribution in [2.24, 2.45) is 0 Å². The van der Waals surface area contributed by atoms with Crippen LogP contribution in [-0.2, 0) is 10.1 Å². The zero-order valence-electron chi connectivity index (χ0n) is 11.4. The van der Waals surface area contributed by atoms with Crippen molar-refractivity contribution in [1.29, 1.82) is 0 Å². The number of hydrogen-bond acceptors (Lipinski definition) is 4. The van der Waals surface area contributed by atoms with Crippen LogP contribution in [-0.4, -0.2) is 20.5 Å². The van der Waals surface area contributed by atoms with Crippen molar-refractivity contribution in [3.05, 3.63) is 71.8 Å². The van der Waals surface area contributed by atoms with Crippen molar-refractivity contribution in [2.45, 2.75) is 0 Å². The molecule has 0 unspecified atom stereocenters. The van der Waals surface area contributed by atoms with Crippen LogP contribution in [0.5, 0.6) is 5.75 Å². The Morgan fingerprint density at radius 2 is 1.62 bits per heavy atom. The first-order chi connectivity index (χ1) is 9.94. The normalized spacial score (nSPS) is 11.5. The number of allylic oxidation sites excluding steroid dienone is 1. The van der Waals surface area contributed by atoms with Gasteiger partial charge in [0.1, 0.15) is 5.75 Å². The van der Waals surface area contributed by atoms with Crippen LogP contribution in [0, 0.1) is 0 Å². The minimum absolute atomic E-state index is 0.0907. The van der Waals surface area contributed by atoms with E-state index in [1.165, 1.54) is 18.2 Å². The Morgan fingerprint density at radius 3 is 2.19 bits per heavy atom. The molecule has 2 aromatic rings. The van der Waals surface area contributed by atoms with E-state index < -0.39 is 10.1 Å². The van der Waals surface area contributed by atoms with E-state index in [1.54, 1.807) is 42.5 Å². The van der Waals surface area contributed by atoms with E-state index in [9.17, 15) is 13.2 Å². The number of carbonyl (C=O) groups excluding carboxylic acids is 1. The number of carbonyl (C=O) groups is 1. The van der Waals surface area contributed by atoms with Gasteiger partial charge < -0.3 is 4.18 Å². The van der Waals surface area contributed by atoms with Crippen LogP contribution in [0.2, 0.25) is 0 Å². The molecule has 5 heteroatoms. The fourth-order valence-corrected chi connectivity index (χ4v) is 2.14. The van der Waals surface area contributed by atoms with E-state index in [-0.39, 0.29) is 11.5 Å². The lowest BCUT2D eigenvalue weighted by Crippen LogP contribution is -2.05. The molecule has 0 saturated heterocycles. The Hall–Kier alpha value is -2.40. The molecule has 0 amide bonds. The second-order valence-corrected chi connectivity index (χ2v) is 6.00. The molecule has 2 rings (SSSR count). The zero-order chi connectivity index (χ0) is 15.3. The molecule has 0 bridgehead atoms. The molecule has 0 aliphatic carbocycles. The predicted octanol–water partition coefficient (Wildman–Crippen LogP) is 2.92. The Morgan fingerprint density at radius 1 is 1.00 bits per heavy atom. The molecule has 0 aromatic heterocycles. The third-order valence-corrected chi connectivity index (χ3v) is 3.11. The van der Waals surface area contributed by atoms with Gasteiger partial charge in [-0.1, -0.05) is 48.5 Å². The van der Waals surface area contributed by atoms with Gasteiger partial charge in [-0.3, -0.25) is 4.79 Å². The first kappa shape index (κ1) is 15.0. The summed E-state index contributed by atoms with van der Waals surface area (Å²) in [4.78, 5) is 11.9. The molecular weight excluding hydrogens is 288 g/mol. The molecule has 0 radical (unpaired) electrons. The quantitative estimate of drug-likeness (QED) is 0.484. The first-order valence-corrected chi connectivity index (χ1v) is 8.03. The Balaban J connectivity index is 2.07. The maximum atomic E-state index is 11.9. The second-order valence-electron chi connectivity index (χ2n) is 4.42. The van der Waals surface area contributed by atoms with Crippen LogP contribution in [0.25, 0.3) is 6.08 Å². The van der Waals surface area contributed by atoms with Crippen molar-refractivity contribution in [2.75, 3.05) is 6.26 Å². The summed E-state index contributed by atoms with van der Waals surface area (Å²) >= 11 is 0. The third-order valence-electron chi connectivity index (χ3n) is 2.61. The largest absolute Gasteiger partial charge is 0.383 e. The molecule has 2 aromatic carbocycles. The van der Waals surface area contributed by atoms with Gasteiger partial charge in [0.2, 0.25) is 0 Å². The van der Waals surface area contributed by atoms with E-state index in [0.717, 1.165) is 11.8 Å². The number of hydrogen-bond donors (Lipinski definition) is 0. The molecule has 0 aliphatic heterocycles. The average Bonchev–Trinajstić information content (AvgIpc) is 2.45. The summed E-state index contributed by atoms with van der Waals surface area (Å²) in [6.07, 6.45) is 4.13. The van der Waals surface area contributed by atoms with E-state index in [0.29, 0.717) is 5.56 Å². The van der Waals surface area contributed by atoms with Crippen LogP contribution in [0.1, 0.15) is 15.9 Å². The molecular formula is C16H14O4S. The predicted molar refractivity (Wildman–Crippen MR) is 81.7 cm³/mol. The van der Waals surface area contributed by atoms with E-state index >= 15 is 0 Å². The Kier molecular flexibility index (Phi) is 4.55. The minimum Gasteiger partial charge on any atom is -0.383 e. The van der Waals surface area contributed by atoms with E-state index in [1.807, 2.05) is 6.07 Å². The van der Waals surface area contributed by atoms with Crippen LogP contribution in [0.15, 0.2) is 60.7 Å². The first-order valence-electron chi connectivity index (χ1n) is 6.21. The van der Waals surface area contributed by atoms with Crippen LogP contribution >= 0.6 is 0 Å². The summed E-state index contributed by atoms with van der Waals surface area (Å²) in [6, 6.07) is 15.4. The van der Waals surface area contributed by atoms with Crippen molar-refractivity contribution < 1.29 is 17.4 Å². The highest BCUT2D eigenvalue weighted by Gasteiger charge is 2.03. The maximum absolute atomic E-state index is 11.9. The summed E-state index contributed by atoms with van der Waals surface area (Å²) in [6.45, 7) is 0. The smallest absolute Gasteiger partial charge is 0.306 e. The zero-order valence-corrected chi connectivity index (χ0v) is 12.2. The van der Waals surface area contributed by atoms with Gasteiger partial charge in [-0.15, -0.1) is 0 Å². The van der Waals surface area contributed by atoms with Crippen molar-refractivity contribution in [3.8, 4) is 5.75 Å². The van der Waals surface area contributed by atoms with E-state index in [4.69, 9.17) is 4.18 Å². The second kappa shape index (κ2) is 6.37. The van der Waals surface area contributed by atoms with Gasteiger partial charge in [0.15, 0.2) is 5.78 Å². The minimum atomic E-state index is -3.52. The SMILES string of the molecule is CS(=O)(=O)Oc1ccc(C=CC(=O)c2ccccc2)cc1. The molecule has 0 atom stereocenters. The molecule has 0 heterocycles. The molecule has 0 aliphatic rings. The van der Waals surface area contributed by atoms with Gasteiger partial charge in [0, 0.05) is 5.56 Å². The molecule has 0 spiro atoms. The molecule has 21 heavy (non-hydrogen) atoms. The number of ketones is 1.